The Labute approximate surface area is 155 Å². The summed E-state index contributed by atoms with van der Waals surface area (Å²) in [5.74, 6) is 0.425. The van der Waals surface area contributed by atoms with Crippen LogP contribution in [0.1, 0.15) is 10.9 Å². The normalized spacial score (nSPS) is 12.9. The first-order chi connectivity index (χ1) is 12.0. The summed E-state index contributed by atoms with van der Waals surface area (Å²) < 4.78 is 34.6. The first-order valence-electron chi connectivity index (χ1n) is 7.37. The van der Waals surface area contributed by atoms with Gasteiger partial charge < -0.3 is 4.74 Å². The molecular formula is C16H16ClN3O3S2. The second kappa shape index (κ2) is 7.57. The van der Waals surface area contributed by atoms with E-state index in [0.29, 0.717) is 5.75 Å². The van der Waals surface area contributed by atoms with Crippen molar-refractivity contribution in [2.24, 2.45) is 0 Å². The third-order valence-electron chi connectivity index (χ3n) is 3.62. The Morgan fingerprint density at radius 3 is 2.80 bits per heavy atom. The number of benzene rings is 1. The Kier molecular flexibility index (Phi) is 5.43. The smallest absolute Gasteiger partial charge is 0.240 e. The average Bonchev–Trinajstić information content (AvgIpc) is 3.29. The molecule has 0 saturated heterocycles. The summed E-state index contributed by atoms with van der Waals surface area (Å²) in [4.78, 5) is 1.10. The molecule has 0 aliphatic carbocycles. The number of thiophene rings is 1. The SMILES string of the molecule is COc1ccc(S(=O)(=O)NCC(c2cccs2)n2cccn2)cc1Cl. The molecular weight excluding hydrogens is 382 g/mol. The van der Waals surface area contributed by atoms with Crippen LogP contribution in [0.2, 0.25) is 5.02 Å². The molecule has 0 aliphatic rings. The second-order valence-electron chi connectivity index (χ2n) is 5.17. The first kappa shape index (κ1) is 17.9. The Hall–Kier alpha value is -1.87. The summed E-state index contributed by atoms with van der Waals surface area (Å²) in [5, 5.41) is 6.42. The highest BCUT2D eigenvalue weighted by Crippen LogP contribution is 2.27. The molecule has 1 N–H and O–H groups in total. The number of hydrogen-bond donors (Lipinski definition) is 1. The van der Waals surface area contributed by atoms with Gasteiger partial charge in [0.05, 0.1) is 23.1 Å². The third kappa shape index (κ3) is 4.04. The molecule has 0 amide bonds. The number of sulfonamides is 1. The van der Waals surface area contributed by atoms with E-state index >= 15 is 0 Å². The molecule has 0 bridgehead atoms. The van der Waals surface area contributed by atoms with Crippen LogP contribution in [0.5, 0.6) is 5.75 Å². The Bertz CT molecular complexity index is 891. The molecule has 0 saturated carbocycles. The highest BCUT2D eigenvalue weighted by molar-refractivity contribution is 7.89. The van der Waals surface area contributed by atoms with Crippen LogP contribution in [0.25, 0.3) is 0 Å². The highest BCUT2D eigenvalue weighted by atomic mass is 35.5. The second-order valence-corrected chi connectivity index (χ2v) is 8.32. The molecule has 132 valence electrons. The van der Waals surface area contributed by atoms with Gasteiger partial charge in [-0.2, -0.15) is 5.10 Å². The van der Waals surface area contributed by atoms with Crippen LogP contribution in [0.15, 0.2) is 59.1 Å². The van der Waals surface area contributed by atoms with E-state index in [1.807, 2.05) is 23.7 Å². The summed E-state index contributed by atoms with van der Waals surface area (Å²) in [6, 6.07) is 9.82. The van der Waals surface area contributed by atoms with E-state index in [1.54, 1.807) is 28.3 Å². The van der Waals surface area contributed by atoms with E-state index < -0.39 is 10.0 Å². The minimum atomic E-state index is -3.71. The van der Waals surface area contributed by atoms with Gasteiger partial charge in [0.2, 0.25) is 10.0 Å². The van der Waals surface area contributed by atoms with E-state index in [1.165, 1.54) is 25.3 Å². The molecule has 6 nitrogen and oxygen atoms in total. The van der Waals surface area contributed by atoms with Gasteiger partial charge in [-0.15, -0.1) is 11.3 Å². The average molecular weight is 398 g/mol. The first-order valence-corrected chi connectivity index (χ1v) is 10.1. The zero-order valence-electron chi connectivity index (χ0n) is 13.3. The summed E-state index contributed by atoms with van der Waals surface area (Å²) >= 11 is 7.58. The van der Waals surface area contributed by atoms with E-state index in [9.17, 15) is 8.42 Å². The molecule has 0 radical (unpaired) electrons. The van der Waals surface area contributed by atoms with Crippen molar-refractivity contribution >= 4 is 33.0 Å². The minimum absolute atomic E-state index is 0.0868. The van der Waals surface area contributed by atoms with E-state index in [4.69, 9.17) is 16.3 Å². The molecule has 3 rings (SSSR count). The van der Waals surface area contributed by atoms with Crippen molar-refractivity contribution in [3.63, 3.8) is 0 Å². The van der Waals surface area contributed by atoms with E-state index in [2.05, 4.69) is 9.82 Å². The fourth-order valence-corrected chi connectivity index (χ4v) is 4.56. The number of halogens is 1. The van der Waals surface area contributed by atoms with Crippen molar-refractivity contribution in [3.8, 4) is 5.75 Å². The van der Waals surface area contributed by atoms with Crippen molar-refractivity contribution < 1.29 is 13.2 Å². The van der Waals surface area contributed by atoms with Crippen molar-refractivity contribution in [1.29, 1.82) is 0 Å². The highest BCUT2D eigenvalue weighted by Gasteiger charge is 2.21. The topological polar surface area (TPSA) is 73.2 Å². The van der Waals surface area contributed by atoms with E-state index in [0.717, 1.165) is 4.88 Å². The lowest BCUT2D eigenvalue weighted by molar-refractivity contribution is 0.414. The van der Waals surface area contributed by atoms with Crippen molar-refractivity contribution in [2.75, 3.05) is 13.7 Å². The van der Waals surface area contributed by atoms with Gasteiger partial charge >= 0.3 is 0 Å². The van der Waals surface area contributed by atoms with Crippen molar-refractivity contribution in [3.05, 3.63) is 64.1 Å². The fourth-order valence-electron chi connectivity index (χ4n) is 2.36. The number of rotatable bonds is 7. The molecule has 1 aromatic carbocycles. The van der Waals surface area contributed by atoms with Gasteiger partial charge in [0, 0.05) is 23.8 Å². The molecule has 1 atom stereocenters. The maximum Gasteiger partial charge on any atom is 0.240 e. The van der Waals surface area contributed by atoms with Crippen molar-refractivity contribution in [2.45, 2.75) is 10.9 Å². The molecule has 25 heavy (non-hydrogen) atoms. The summed E-state index contributed by atoms with van der Waals surface area (Å²) in [6.45, 7) is 0.175. The maximum atomic E-state index is 12.6. The zero-order valence-corrected chi connectivity index (χ0v) is 15.7. The van der Waals surface area contributed by atoms with Gasteiger partial charge in [0.15, 0.2) is 0 Å². The van der Waals surface area contributed by atoms with Crippen LogP contribution in [0.4, 0.5) is 0 Å². The molecule has 9 heteroatoms. The lowest BCUT2D eigenvalue weighted by Crippen LogP contribution is -2.31. The standard InChI is InChI=1S/C16H16ClN3O3S2/c1-23-15-6-5-12(10-13(15)17)25(21,22)19-11-14(16-4-2-9-24-16)20-8-3-7-18-20/h2-10,14,19H,11H2,1H3. The largest absolute Gasteiger partial charge is 0.495 e. The Morgan fingerprint density at radius 2 is 2.20 bits per heavy atom. The predicted molar refractivity (Wildman–Crippen MR) is 97.9 cm³/mol. The molecule has 0 fully saturated rings. The predicted octanol–water partition coefficient (Wildman–Crippen LogP) is 3.17. The van der Waals surface area contributed by atoms with Crippen LogP contribution in [0, 0.1) is 0 Å². The molecule has 2 aromatic heterocycles. The summed E-state index contributed by atoms with van der Waals surface area (Å²) in [5.41, 5.74) is 0. The van der Waals surface area contributed by atoms with Gasteiger partial charge in [-0.05, 0) is 35.7 Å². The van der Waals surface area contributed by atoms with Gasteiger partial charge in [-0.1, -0.05) is 17.7 Å². The van der Waals surface area contributed by atoms with Gasteiger partial charge in [0.1, 0.15) is 5.75 Å². The number of hydrogen-bond acceptors (Lipinski definition) is 5. The Morgan fingerprint density at radius 1 is 1.36 bits per heavy atom. The van der Waals surface area contributed by atoms with Crippen LogP contribution < -0.4 is 9.46 Å². The van der Waals surface area contributed by atoms with Crippen molar-refractivity contribution in [1.82, 2.24) is 14.5 Å². The van der Waals surface area contributed by atoms with Crippen LogP contribution >= 0.6 is 22.9 Å². The minimum Gasteiger partial charge on any atom is -0.495 e. The molecule has 0 spiro atoms. The summed E-state index contributed by atoms with van der Waals surface area (Å²) in [6.07, 6.45) is 3.47. The molecule has 0 aliphatic heterocycles. The van der Waals surface area contributed by atoms with Crippen LogP contribution in [-0.2, 0) is 10.0 Å². The quantitative estimate of drug-likeness (QED) is 0.664. The van der Waals surface area contributed by atoms with Gasteiger partial charge in [-0.25, -0.2) is 13.1 Å². The molecule has 1 unspecified atom stereocenters. The van der Waals surface area contributed by atoms with Crippen LogP contribution in [-0.4, -0.2) is 31.9 Å². The zero-order chi connectivity index (χ0) is 17.9. The lowest BCUT2D eigenvalue weighted by atomic mass is 10.2. The van der Waals surface area contributed by atoms with Crippen LogP contribution in [0.3, 0.4) is 0 Å². The summed E-state index contributed by atoms with van der Waals surface area (Å²) in [7, 11) is -2.24. The van der Waals surface area contributed by atoms with Gasteiger partial charge in [-0.3, -0.25) is 4.68 Å². The number of nitrogens with one attached hydrogen (secondary N) is 1. The fraction of sp³-hybridized carbons (Fsp3) is 0.188. The van der Waals surface area contributed by atoms with E-state index in [-0.39, 0.29) is 22.5 Å². The molecule has 3 aromatic rings. The number of nitrogens with zero attached hydrogens (tertiary/aromatic N) is 2. The molecule has 2 heterocycles. The number of aromatic nitrogens is 2. The number of methoxy groups -OCH3 is 1. The Balaban J connectivity index is 1.81. The maximum absolute atomic E-state index is 12.6. The third-order valence-corrected chi connectivity index (χ3v) is 6.31. The number of ether oxygens (including phenoxy) is 1. The monoisotopic (exact) mass is 397 g/mol. The van der Waals surface area contributed by atoms with Gasteiger partial charge in [0.25, 0.3) is 0 Å². The lowest BCUT2D eigenvalue weighted by Gasteiger charge is -2.17.